The van der Waals surface area contributed by atoms with Crippen LogP contribution in [0.5, 0.6) is 5.75 Å². The lowest BCUT2D eigenvalue weighted by Crippen LogP contribution is -2.29. The SMILES string of the molecule is CC(=O)c1ccc(OCC(C)(O)c2ccccc2)c(C)c1. The molecule has 0 heterocycles. The van der Waals surface area contributed by atoms with E-state index in [4.69, 9.17) is 4.74 Å². The predicted octanol–water partition coefficient (Wildman–Crippen LogP) is 3.48. The van der Waals surface area contributed by atoms with Gasteiger partial charge in [-0.2, -0.15) is 0 Å². The predicted molar refractivity (Wildman–Crippen MR) is 82.7 cm³/mol. The average molecular weight is 284 g/mol. The minimum atomic E-state index is -1.06. The van der Waals surface area contributed by atoms with E-state index >= 15 is 0 Å². The summed E-state index contributed by atoms with van der Waals surface area (Å²) in [7, 11) is 0. The first kappa shape index (κ1) is 15.3. The number of hydrogen-bond acceptors (Lipinski definition) is 3. The van der Waals surface area contributed by atoms with E-state index in [0.29, 0.717) is 11.3 Å². The molecule has 0 spiro atoms. The van der Waals surface area contributed by atoms with Gasteiger partial charge in [-0.3, -0.25) is 4.79 Å². The largest absolute Gasteiger partial charge is 0.490 e. The molecule has 21 heavy (non-hydrogen) atoms. The normalized spacial score (nSPS) is 13.5. The van der Waals surface area contributed by atoms with Gasteiger partial charge in [0.2, 0.25) is 0 Å². The summed E-state index contributed by atoms with van der Waals surface area (Å²) in [4.78, 5) is 11.3. The first-order valence-corrected chi connectivity index (χ1v) is 6.92. The molecule has 0 amide bonds. The van der Waals surface area contributed by atoms with Crippen molar-refractivity contribution >= 4 is 5.78 Å². The summed E-state index contributed by atoms with van der Waals surface area (Å²) in [5, 5.41) is 10.5. The van der Waals surface area contributed by atoms with Crippen LogP contribution in [0.25, 0.3) is 0 Å². The van der Waals surface area contributed by atoms with E-state index in [1.54, 1.807) is 25.1 Å². The van der Waals surface area contributed by atoms with Crippen molar-refractivity contribution in [2.24, 2.45) is 0 Å². The Labute approximate surface area is 125 Å². The van der Waals surface area contributed by atoms with Gasteiger partial charge in [-0.15, -0.1) is 0 Å². The first-order valence-electron chi connectivity index (χ1n) is 6.92. The summed E-state index contributed by atoms with van der Waals surface area (Å²) in [5.74, 6) is 0.706. The van der Waals surface area contributed by atoms with Gasteiger partial charge in [0.05, 0.1) is 0 Å². The van der Waals surface area contributed by atoms with E-state index in [1.165, 1.54) is 6.92 Å². The van der Waals surface area contributed by atoms with E-state index in [2.05, 4.69) is 0 Å². The van der Waals surface area contributed by atoms with Crippen LogP contribution in [0.3, 0.4) is 0 Å². The number of carbonyl (C=O) groups excluding carboxylic acids is 1. The van der Waals surface area contributed by atoms with Crippen molar-refractivity contribution in [1.82, 2.24) is 0 Å². The smallest absolute Gasteiger partial charge is 0.159 e. The molecule has 2 aromatic carbocycles. The van der Waals surface area contributed by atoms with Crippen LogP contribution < -0.4 is 4.74 Å². The maximum atomic E-state index is 11.3. The van der Waals surface area contributed by atoms with Gasteiger partial charge >= 0.3 is 0 Å². The standard InChI is InChI=1S/C18H20O3/c1-13-11-15(14(2)19)9-10-17(13)21-12-18(3,20)16-7-5-4-6-8-16/h4-11,20H,12H2,1-3H3. The molecular formula is C18H20O3. The second-order valence-corrected chi connectivity index (χ2v) is 5.47. The van der Waals surface area contributed by atoms with Crippen molar-refractivity contribution in [1.29, 1.82) is 0 Å². The van der Waals surface area contributed by atoms with E-state index in [9.17, 15) is 9.90 Å². The second kappa shape index (κ2) is 6.10. The highest BCUT2D eigenvalue weighted by Gasteiger charge is 2.24. The lowest BCUT2D eigenvalue weighted by Gasteiger charge is -2.24. The van der Waals surface area contributed by atoms with Crippen LogP contribution in [0.2, 0.25) is 0 Å². The molecule has 3 heteroatoms. The molecule has 2 aromatic rings. The number of rotatable bonds is 5. The first-order chi connectivity index (χ1) is 9.90. The van der Waals surface area contributed by atoms with Crippen molar-refractivity contribution in [3.05, 3.63) is 65.2 Å². The summed E-state index contributed by atoms with van der Waals surface area (Å²) in [5.41, 5.74) is 1.29. The van der Waals surface area contributed by atoms with Gasteiger partial charge in [-0.05, 0) is 50.1 Å². The van der Waals surface area contributed by atoms with Crippen LogP contribution >= 0.6 is 0 Å². The molecule has 110 valence electrons. The van der Waals surface area contributed by atoms with Crippen LogP contribution in [0.4, 0.5) is 0 Å². The molecule has 0 aliphatic carbocycles. The van der Waals surface area contributed by atoms with E-state index in [-0.39, 0.29) is 12.4 Å². The summed E-state index contributed by atoms with van der Waals surface area (Å²) < 4.78 is 5.73. The highest BCUT2D eigenvalue weighted by atomic mass is 16.5. The van der Waals surface area contributed by atoms with Crippen LogP contribution in [-0.4, -0.2) is 17.5 Å². The number of carbonyl (C=O) groups is 1. The van der Waals surface area contributed by atoms with Crippen molar-refractivity contribution in [2.75, 3.05) is 6.61 Å². The highest BCUT2D eigenvalue weighted by Crippen LogP contribution is 2.24. The molecule has 1 atom stereocenters. The van der Waals surface area contributed by atoms with Crippen molar-refractivity contribution in [3.8, 4) is 5.75 Å². The van der Waals surface area contributed by atoms with Crippen LogP contribution in [0.15, 0.2) is 48.5 Å². The van der Waals surface area contributed by atoms with Gasteiger partial charge in [0.25, 0.3) is 0 Å². The maximum Gasteiger partial charge on any atom is 0.159 e. The van der Waals surface area contributed by atoms with Gasteiger partial charge in [0, 0.05) is 5.56 Å². The van der Waals surface area contributed by atoms with Crippen LogP contribution in [0, 0.1) is 6.92 Å². The third-order valence-electron chi connectivity index (χ3n) is 3.49. The lowest BCUT2D eigenvalue weighted by atomic mass is 9.97. The second-order valence-electron chi connectivity index (χ2n) is 5.47. The number of ketones is 1. The van der Waals surface area contributed by atoms with Gasteiger partial charge in [0.1, 0.15) is 18.0 Å². The molecule has 0 radical (unpaired) electrons. The average Bonchev–Trinajstić information content (AvgIpc) is 2.46. The summed E-state index contributed by atoms with van der Waals surface area (Å²) >= 11 is 0. The number of aliphatic hydroxyl groups is 1. The molecule has 1 unspecified atom stereocenters. The van der Waals surface area contributed by atoms with Gasteiger partial charge in [-0.1, -0.05) is 30.3 Å². The topological polar surface area (TPSA) is 46.5 Å². The Morgan fingerprint density at radius 3 is 2.43 bits per heavy atom. The quantitative estimate of drug-likeness (QED) is 0.855. The Morgan fingerprint density at radius 2 is 1.86 bits per heavy atom. The van der Waals surface area contributed by atoms with Crippen molar-refractivity contribution < 1.29 is 14.6 Å². The Morgan fingerprint density at radius 1 is 1.19 bits per heavy atom. The fourth-order valence-corrected chi connectivity index (χ4v) is 2.13. The number of benzene rings is 2. The lowest BCUT2D eigenvalue weighted by molar-refractivity contribution is 0.00739. The molecule has 0 aliphatic rings. The van der Waals surface area contributed by atoms with Gasteiger partial charge in [0.15, 0.2) is 5.78 Å². The Hall–Kier alpha value is -2.13. The highest BCUT2D eigenvalue weighted by molar-refractivity contribution is 5.94. The molecule has 3 nitrogen and oxygen atoms in total. The molecular weight excluding hydrogens is 264 g/mol. The van der Waals surface area contributed by atoms with E-state index in [0.717, 1.165) is 11.1 Å². The number of hydrogen-bond donors (Lipinski definition) is 1. The third kappa shape index (κ3) is 3.70. The van der Waals surface area contributed by atoms with Crippen molar-refractivity contribution in [2.45, 2.75) is 26.4 Å². The Balaban J connectivity index is 2.11. The monoisotopic (exact) mass is 284 g/mol. The van der Waals surface area contributed by atoms with Gasteiger partial charge < -0.3 is 9.84 Å². The molecule has 2 rings (SSSR count). The van der Waals surface area contributed by atoms with Crippen LogP contribution in [-0.2, 0) is 5.60 Å². The molecule has 0 bridgehead atoms. The zero-order chi connectivity index (χ0) is 15.5. The fourth-order valence-electron chi connectivity index (χ4n) is 2.13. The molecule has 0 saturated heterocycles. The molecule has 0 saturated carbocycles. The molecule has 0 fully saturated rings. The Kier molecular flexibility index (Phi) is 4.43. The minimum Gasteiger partial charge on any atom is -0.490 e. The number of ether oxygens (including phenoxy) is 1. The zero-order valence-electron chi connectivity index (χ0n) is 12.6. The van der Waals surface area contributed by atoms with Crippen LogP contribution in [0.1, 0.15) is 35.3 Å². The summed E-state index contributed by atoms with van der Waals surface area (Å²) in [6, 6.07) is 14.7. The third-order valence-corrected chi connectivity index (χ3v) is 3.49. The number of Topliss-reactive ketones (excluding diaryl/α,β-unsaturated/α-hetero) is 1. The van der Waals surface area contributed by atoms with E-state index in [1.807, 2.05) is 37.3 Å². The van der Waals surface area contributed by atoms with E-state index < -0.39 is 5.60 Å². The van der Waals surface area contributed by atoms with Crippen molar-refractivity contribution in [3.63, 3.8) is 0 Å². The zero-order valence-corrected chi connectivity index (χ0v) is 12.6. The molecule has 0 aromatic heterocycles. The summed E-state index contributed by atoms with van der Waals surface area (Å²) in [6.45, 7) is 5.30. The fraction of sp³-hybridized carbons (Fsp3) is 0.278. The summed E-state index contributed by atoms with van der Waals surface area (Å²) in [6.07, 6.45) is 0. The molecule has 0 aliphatic heterocycles. The number of aryl methyl sites for hydroxylation is 1. The minimum absolute atomic E-state index is 0.0286. The molecule has 1 N–H and O–H groups in total. The van der Waals surface area contributed by atoms with Gasteiger partial charge in [-0.25, -0.2) is 0 Å². The Bertz CT molecular complexity index is 630. The maximum absolute atomic E-state index is 11.3.